The maximum Gasteiger partial charge on any atom is 0.135 e. The number of allylic oxidation sites excluding steroid dienone is 1. The van der Waals surface area contributed by atoms with Crippen LogP contribution in [0.15, 0.2) is 127 Å². The summed E-state index contributed by atoms with van der Waals surface area (Å²) in [6, 6.07) is 46.1. The van der Waals surface area contributed by atoms with Gasteiger partial charge in [0.1, 0.15) is 5.82 Å². The predicted octanol–water partition coefficient (Wildman–Crippen LogP) is 14.5. The third-order valence-electron chi connectivity index (χ3n) is 11.3. The topological polar surface area (TPSA) is 33.5 Å². The molecule has 0 radical (unpaired) electrons. The van der Waals surface area contributed by atoms with Crippen molar-refractivity contribution >= 4 is 33.2 Å². The Morgan fingerprint density at radius 3 is 1.87 bits per heavy atom. The molecule has 8 rings (SSSR count). The monoisotopic (exact) mass is 972 g/mol. The zero-order valence-electron chi connectivity index (χ0n) is 37.1. The summed E-state index contributed by atoms with van der Waals surface area (Å²) in [5.74, 6) is 2.07. The van der Waals surface area contributed by atoms with Crippen molar-refractivity contribution in [2.75, 3.05) is 9.80 Å². The molecule has 6 heteroatoms. The average Bonchev–Trinajstić information content (AvgIpc) is 3.78. The molecule has 60 heavy (non-hydrogen) atoms. The molecule has 0 aliphatic carbocycles. The number of hydrogen-bond donors (Lipinski definition) is 0. The zero-order chi connectivity index (χ0) is 42.1. The van der Waals surface area contributed by atoms with E-state index >= 15 is 0 Å². The van der Waals surface area contributed by atoms with E-state index in [0.717, 1.165) is 50.1 Å². The number of hydrogen-bond acceptors (Lipinski definition) is 4. The molecule has 0 saturated carbocycles. The van der Waals surface area contributed by atoms with E-state index in [9.17, 15) is 0 Å². The normalized spacial score (nSPS) is 13.8. The van der Waals surface area contributed by atoms with E-state index in [2.05, 4.69) is 220 Å². The number of pyridine rings is 1. The Morgan fingerprint density at radius 2 is 1.22 bits per heavy atom. The summed E-state index contributed by atoms with van der Waals surface area (Å²) in [7, 11) is 0. The van der Waals surface area contributed by atoms with Gasteiger partial charge >= 0.3 is 0 Å². The molecule has 0 unspecified atom stereocenters. The summed E-state index contributed by atoms with van der Waals surface area (Å²) in [4.78, 5) is 9.42. The molecule has 0 saturated heterocycles. The second-order valence-corrected chi connectivity index (χ2v) is 20.1. The van der Waals surface area contributed by atoms with Crippen molar-refractivity contribution in [1.29, 1.82) is 0 Å². The summed E-state index contributed by atoms with van der Waals surface area (Å²) in [5.41, 5.74) is 11.0. The third kappa shape index (κ3) is 8.57. The molecule has 0 bridgehead atoms. The van der Waals surface area contributed by atoms with Gasteiger partial charge in [0.25, 0.3) is 0 Å². The van der Waals surface area contributed by atoms with Crippen LogP contribution in [0.1, 0.15) is 99.8 Å². The molecule has 5 aromatic carbocycles. The number of nitrogens with zero attached hydrogens (tertiary/aromatic N) is 4. The summed E-state index contributed by atoms with van der Waals surface area (Å²) in [6.07, 6.45) is 4.16. The van der Waals surface area contributed by atoms with Gasteiger partial charge in [0, 0.05) is 61.1 Å². The largest absolute Gasteiger partial charge is 0.509 e. The molecule has 5 nitrogen and oxygen atoms in total. The smallest absolute Gasteiger partial charge is 0.135 e. The van der Waals surface area contributed by atoms with Gasteiger partial charge in [0.2, 0.25) is 0 Å². The average molecular weight is 973 g/mol. The zero-order valence-corrected chi connectivity index (χ0v) is 39.4. The molecule has 0 spiro atoms. The minimum absolute atomic E-state index is 0. The van der Waals surface area contributed by atoms with Gasteiger partial charge < -0.3 is 19.1 Å². The number of benzene rings is 5. The summed E-state index contributed by atoms with van der Waals surface area (Å²) < 4.78 is 9.01. The molecule has 0 N–H and O–H groups in total. The first-order valence-corrected chi connectivity index (χ1v) is 20.8. The molecule has 1 aliphatic rings. The summed E-state index contributed by atoms with van der Waals surface area (Å²) in [6.45, 7) is 29.5. The van der Waals surface area contributed by atoms with Gasteiger partial charge in [0.05, 0.1) is 0 Å². The van der Waals surface area contributed by atoms with Crippen LogP contribution in [-0.4, -0.2) is 9.55 Å². The molecule has 2 aromatic heterocycles. The minimum atomic E-state index is -0.147. The molecule has 0 atom stereocenters. The molecule has 0 fully saturated rings. The Kier molecular flexibility index (Phi) is 11.3. The van der Waals surface area contributed by atoms with Crippen LogP contribution >= 0.6 is 0 Å². The second-order valence-electron chi connectivity index (χ2n) is 20.1. The van der Waals surface area contributed by atoms with E-state index in [1.807, 2.05) is 18.3 Å². The number of aromatic nitrogens is 2. The van der Waals surface area contributed by atoms with Crippen LogP contribution in [0.25, 0.3) is 38.8 Å². The van der Waals surface area contributed by atoms with Crippen molar-refractivity contribution in [3.8, 4) is 28.4 Å². The van der Waals surface area contributed by atoms with Crippen molar-refractivity contribution in [2.45, 2.75) is 99.3 Å². The Labute approximate surface area is 372 Å². The van der Waals surface area contributed by atoms with E-state index in [1.165, 1.54) is 22.4 Å². The van der Waals surface area contributed by atoms with Crippen LogP contribution in [0.4, 0.5) is 11.4 Å². The molecule has 1 aliphatic heterocycles. The number of para-hydroxylation sites is 1. The van der Waals surface area contributed by atoms with Gasteiger partial charge in [-0.15, -0.1) is 53.6 Å². The Morgan fingerprint density at radius 1 is 0.567 bits per heavy atom. The van der Waals surface area contributed by atoms with Crippen molar-refractivity contribution in [1.82, 2.24) is 9.55 Å². The molecule has 0 amide bonds. The van der Waals surface area contributed by atoms with Gasteiger partial charge in [0.15, 0.2) is 0 Å². The van der Waals surface area contributed by atoms with Crippen molar-refractivity contribution < 1.29 is 25.8 Å². The van der Waals surface area contributed by atoms with Gasteiger partial charge in [-0.3, -0.25) is 0 Å². The molecule has 7 aromatic rings. The predicted molar refractivity (Wildman–Crippen MR) is 248 cm³/mol. The van der Waals surface area contributed by atoms with Crippen LogP contribution in [0.3, 0.4) is 0 Å². The molecular formula is C54H57N4OPt-3. The van der Waals surface area contributed by atoms with Crippen LogP contribution in [-0.2, 0) is 37.3 Å². The quantitative estimate of drug-likeness (QED) is 0.156. The van der Waals surface area contributed by atoms with E-state index in [0.29, 0.717) is 11.5 Å². The SMILES string of the molecule is CC(C)(C)C1=CN(c2[c-]c(Oc3[c-]c4c(cc3)c3ccccc3n4-c3cc(C(C)(C)C)ccn3)cc(-c3ccccc3)c2)[CH-]N1c1cc(C(C)(C)C)cc(C(C)(C)C)c1.[Pt]. The van der Waals surface area contributed by atoms with E-state index in [-0.39, 0.29) is 42.7 Å². The molecule has 312 valence electrons. The van der Waals surface area contributed by atoms with Gasteiger partial charge in [-0.05, 0) is 80.4 Å². The van der Waals surface area contributed by atoms with Crippen molar-refractivity contribution in [2.24, 2.45) is 5.41 Å². The fourth-order valence-electron chi connectivity index (χ4n) is 7.74. The Hall–Kier alpha value is -5.12. The first-order chi connectivity index (χ1) is 27.7. The summed E-state index contributed by atoms with van der Waals surface area (Å²) >= 11 is 0. The molecular weight excluding hydrogens is 916 g/mol. The summed E-state index contributed by atoms with van der Waals surface area (Å²) in [5, 5.41) is 2.24. The van der Waals surface area contributed by atoms with Gasteiger partial charge in [-0.1, -0.05) is 143 Å². The first-order valence-electron chi connectivity index (χ1n) is 20.8. The third-order valence-corrected chi connectivity index (χ3v) is 11.3. The second kappa shape index (κ2) is 15.7. The van der Waals surface area contributed by atoms with Crippen LogP contribution in [0.2, 0.25) is 0 Å². The van der Waals surface area contributed by atoms with Crippen molar-refractivity contribution in [3.05, 3.63) is 163 Å². The fraction of sp³-hybridized carbons (Fsp3) is 0.296. The number of anilines is 2. The first kappa shape index (κ1) is 43.0. The minimum Gasteiger partial charge on any atom is -0.509 e. The maximum atomic E-state index is 6.81. The number of fused-ring (bicyclic) bond motifs is 3. The number of ether oxygens (including phenoxy) is 1. The standard InChI is InChI=1S/C54H57N4O.Pt/c1-51(2,3)38-24-25-55-50(31-38)58-47-21-17-16-20-45(47)46-23-22-43(33-48(46)58)59-44-27-37(36-18-14-13-15-19-36)26-41(32-44)56-34-49(54(10,11)12)57(35-56)42-29-39(52(4,5)6)28-40(30-42)53(7,8)9;/h13-31,34-35H,1-12H3;/q-3;. The molecule has 3 heterocycles. The fourth-order valence-corrected chi connectivity index (χ4v) is 7.74. The maximum absolute atomic E-state index is 6.81. The number of rotatable bonds is 6. The Bertz CT molecular complexity index is 2680. The van der Waals surface area contributed by atoms with E-state index < -0.39 is 0 Å². The Balaban J connectivity index is 0.00000544. The van der Waals surface area contributed by atoms with E-state index in [1.54, 1.807) is 0 Å². The van der Waals surface area contributed by atoms with Crippen molar-refractivity contribution in [3.63, 3.8) is 0 Å². The van der Waals surface area contributed by atoms with Crippen LogP contribution in [0, 0.1) is 24.2 Å². The van der Waals surface area contributed by atoms with Gasteiger partial charge in [-0.25, -0.2) is 4.98 Å². The van der Waals surface area contributed by atoms with Crippen LogP contribution in [0.5, 0.6) is 11.5 Å². The van der Waals surface area contributed by atoms with Gasteiger partial charge in [-0.2, -0.15) is 6.07 Å². The van der Waals surface area contributed by atoms with Crippen LogP contribution < -0.4 is 14.5 Å². The van der Waals surface area contributed by atoms with E-state index in [4.69, 9.17) is 9.72 Å².